The van der Waals surface area contributed by atoms with Gasteiger partial charge in [-0.05, 0) is 13.3 Å². The van der Waals surface area contributed by atoms with E-state index in [4.69, 9.17) is 4.74 Å². The number of hydrogen-bond acceptors (Lipinski definition) is 6. The van der Waals surface area contributed by atoms with Gasteiger partial charge in [-0.3, -0.25) is 0 Å². The second-order valence-corrected chi connectivity index (χ2v) is 4.67. The molecule has 0 amide bonds. The van der Waals surface area contributed by atoms with Crippen molar-refractivity contribution in [2.24, 2.45) is 0 Å². The topological polar surface area (TPSA) is 62.3 Å². The molecule has 1 fully saturated rings. The van der Waals surface area contributed by atoms with Gasteiger partial charge in [0.1, 0.15) is 17.5 Å². The SMILES string of the molecule is CCCc1nc(NC)c(C)c(NN2CCOCC2)n1. The van der Waals surface area contributed by atoms with Gasteiger partial charge in [-0.2, -0.15) is 0 Å². The van der Waals surface area contributed by atoms with Crippen LogP contribution < -0.4 is 10.7 Å². The summed E-state index contributed by atoms with van der Waals surface area (Å²) in [6.45, 7) is 7.44. The Morgan fingerprint density at radius 2 is 1.89 bits per heavy atom. The summed E-state index contributed by atoms with van der Waals surface area (Å²) in [6.07, 6.45) is 1.94. The lowest BCUT2D eigenvalue weighted by molar-refractivity contribution is 0.0494. The highest BCUT2D eigenvalue weighted by Gasteiger charge is 2.14. The molecular formula is C13H23N5O. The van der Waals surface area contributed by atoms with Gasteiger partial charge >= 0.3 is 0 Å². The molecule has 0 aromatic carbocycles. The lowest BCUT2D eigenvalue weighted by Gasteiger charge is -2.28. The predicted octanol–water partition coefficient (Wildman–Crippen LogP) is 1.44. The molecule has 0 spiro atoms. The van der Waals surface area contributed by atoms with Crippen molar-refractivity contribution in [3.63, 3.8) is 0 Å². The molecule has 1 aliphatic heterocycles. The summed E-state index contributed by atoms with van der Waals surface area (Å²) in [5.41, 5.74) is 4.43. The van der Waals surface area contributed by atoms with Crippen molar-refractivity contribution in [2.45, 2.75) is 26.7 Å². The summed E-state index contributed by atoms with van der Waals surface area (Å²) < 4.78 is 5.35. The molecule has 1 aromatic rings. The first-order valence-electron chi connectivity index (χ1n) is 6.89. The number of aryl methyl sites for hydroxylation is 1. The average molecular weight is 265 g/mol. The molecule has 2 rings (SSSR count). The number of ether oxygens (including phenoxy) is 1. The van der Waals surface area contributed by atoms with Crippen molar-refractivity contribution >= 4 is 11.6 Å². The van der Waals surface area contributed by atoms with Gasteiger partial charge in [-0.15, -0.1) is 0 Å². The van der Waals surface area contributed by atoms with Gasteiger partial charge < -0.3 is 15.5 Å². The first kappa shape index (κ1) is 14.0. The van der Waals surface area contributed by atoms with Gasteiger partial charge in [-0.25, -0.2) is 15.0 Å². The zero-order valence-corrected chi connectivity index (χ0v) is 12.0. The summed E-state index contributed by atoms with van der Waals surface area (Å²) in [5.74, 6) is 2.67. The van der Waals surface area contributed by atoms with E-state index in [0.29, 0.717) is 0 Å². The van der Waals surface area contributed by atoms with Crippen molar-refractivity contribution in [1.29, 1.82) is 0 Å². The lowest BCUT2D eigenvalue weighted by atomic mass is 10.2. The third kappa shape index (κ3) is 3.54. The predicted molar refractivity (Wildman–Crippen MR) is 76.3 cm³/mol. The maximum atomic E-state index is 5.35. The summed E-state index contributed by atoms with van der Waals surface area (Å²) in [4.78, 5) is 9.15. The number of morpholine rings is 1. The molecule has 0 atom stereocenters. The average Bonchev–Trinajstić information content (AvgIpc) is 2.43. The molecule has 0 aliphatic carbocycles. The Morgan fingerprint density at radius 3 is 2.53 bits per heavy atom. The summed E-state index contributed by atoms with van der Waals surface area (Å²) in [7, 11) is 1.89. The van der Waals surface area contributed by atoms with Crippen LogP contribution in [0.1, 0.15) is 24.7 Å². The minimum atomic E-state index is 0.762. The van der Waals surface area contributed by atoms with Crippen molar-refractivity contribution < 1.29 is 4.74 Å². The Bertz CT molecular complexity index is 418. The molecule has 0 radical (unpaired) electrons. The molecule has 0 bridgehead atoms. The molecule has 6 nitrogen and oxygen atoms in total. The Labute approximate surface area is 114 Å². The van der Waals surface area contributed by atoms with Gasteiger partial charge in [0.2, 0.25) is 0 Å². The van der Waals surface area contributed by atoms with E-state index in [9.17, 15) is 0 Å². The van der Waals surface area contributed by atoms with Crippen molar-refractivity contribution in [1.82, 2.24) is 15.0 Å². The molecule has 106 valence electrons. The molecule has 1 aromatic heterocycles. The van der Waals surface area contributed by atoms with E-state index >= 15 is 0 Å². The molecule has 2 heterocycles. The summed E-state index contributed by atoms with van der Waals surface area (Å²) >= 11 is 0. The quantitative estimate of drug-likeness (QED) is 0.840. The summed E-state index contributed by atoms with van der Waals surface area (Å²) in [5, 5.41) is 5.28. The zero-order valence-electron chi connectivity index (χ0n) is 12.0. The van der Waals surface area contributed by atoms with Crippen LogP contribution >= 0.6 is 0 Å². The molecule has 1 saturated heterocycles. The molecule has 0 unspecified atom stereocenters. The van der Waals surface area contributed by atoms with E-state index in [2.05, 4.69) is 32.6 Å². The fraction of sp³-hybridized carbons (Fsp3) is 0.692. The standard InChI is InChI=1S/C13H23N5O/c1-4-5-11-15-12(14-3)10(2)13(16-11)17-18-6-8-19-9-7-18/h4-9H2,1-3H3,(H2,14,15,16,17). The number of rotatable bonds is 5. The van der Waals surface area contributed by atoms with Crippen LogP contribution in [0.4, 0.5) is 11.6 Å². The number of nitrogens with one attached hydrogen (secondary N) is 2. The Balaban J connectivity index is 2.18. The third-order valence-electron chi connectivity index (χ3n) is 3.18. The van der Waals surface area contributed by atoms with Gasteiger partial charge in [-0.1, -0.05) is 6.92 Å². The molecule has 1 aliphatic rings. The lowest BCUT2D eigenvalue weighted by Crippen LogP contribution is -2.40. The van der Waals surface area contributed by atoms with Crippen LogP contribution in [-0.2, 0) is 11.2 Å². The first-order chi connectivity index (χ1) is 9.24. The Hall–Kier alpha value is -1.40. The smallest absolute Gasteiger partial charge is 0.149 e. The number of anilines is 2. The van der Waals surface area contributed by atoms with E-state index in [1.165, 1.54) is 0 Å². The van der Waals surface area contributed by atoms with E-state index in [0.717, 1.165) is 62.2 Å². The fourth-order valence-corrected chi connectivity index (χ4v) is 2.08. The van der Waals surface area contributed by atoms with Crippen LogP contribution in [0.25, 0.3) is 0 Å². The molecule has 2 N–H and O–H groups in total. The van der Waals surface area contributed by atoms with Crippen LogP contribution in [0.15, 0.2) is 0 Å². The Morgan fingerprint density at radius 1 is 1.21 bits per heavy atom. The number of nitrogens with zero attached hydrogens (tertiary/aromatic N) is 3. The zero-order chi connectivity index (χ0) is 13.7. The van der Waals surface area contributed by atoms with Crippen LogP contribution in [0.2, 0.25) is 0 Å². The van der Waals surface area contributed by atoms with Crippen LogP contribution in [0.3, 0.4) is 0 Å². The van der Waals surface area contributed by atoms with Crippen molar-refractivity contribution in [2.75, 3.05) is 44.1 Å². The fourth-order valence-electron chi connectivity index (χ4n) is 2.08. The Kier molecular flexibility index (Phi) is 4.93. The van der Waals surface area contributed by atoms with Crippen molar-refractivity contribution in [3.8, 4) is 0 Å². The number of hydrazine groups is 1. The second kappa shape index (κ2) is 6.68. The minimum absolute atomic E-state index is 0.762. The highest BCUT2D eigenvalue weighted by molar-refractivity contribution is 5.56. The maximum Gasteiger partial charge on any atom is 0.149 e. The van der Waals surface area contributed by atoms with E-state index < -0.39 is 0 Å². The van der Waals surface area contributed by atoms with E-state index in [1.807, 2.05) is 14.0 Å². The van der Waals surface area contributed by atoms with Gasteiger partial charge in [0, 0.05) is 32.1 Å². The normalized spacial score (nSPS) is 16.4. The van der Waals surface area contributed by atoms with Crippen LogP contribution in [-0.4, -0.2) is 48.3 Å². The third-order valence-corrected chi connectivity index (χ3v) is 3.18. The molecule has 6 heteroatoms. The highest BCUT2D eigenvalue weighted by atomic mass is 16.5. The van der Waals surface area contributed by atoms with E-state index in [-0.39, 0.29) is 0 Å². The minimum Gasteiger partial charge on any atom is -0.379 e. The molecular weight excluding hydrogens is 242 g/mol. The van der Waals surface area contributed by atoms with Crippen LogP contribution in [0.5, 0.6) is 0 Å². The van der Waals surface area contributed by atoms with Crippen molar-refractivity contribution in [3.05, 3.63) is 11.4 Å². The first-order valence-corrected chi connectivity index (χ1v) is 6.89. The number of hydrogen-bond donors (Lipinski definition) is 2. The number of aromatic nitrogens is 2. The molecule has 0 saturated carbocycles. The highest BCUT2D eigenvalue weighted by Crippen LogP contribution is 2.20. The van der Waals surface area contributed by atoms with E-state index in [1.54, 1.807) is 0 Å². The van der Waals surface area contributed by atoms with Gasteiger partial charge in [0.15, 0.2) is 0 Å². The van der Waals surface area contributed by atoms with Crippen LogP contribution in [0, 0.1) is 6.92 Å². The van der Waals surface area contributed by atoms with Gasteiger partial charge in [0.25, 0.3) is 0 Å². The summed E-state index contributed by atoms with van der Waals surface area (Å²) in [6, 6.07) is 0. The van der Waals surface area contributed by atoms with Gasteiger partial charge in [0.05, 0.1) is 13.2 Å². The largest absolute Gasteiger partial charge is 0.379 e. The monoisotopic (exact) mass is 265 g/mol. The maximum absolute atomic E-state index is 5.35. The second-order valence-electron chi connectivity index (χ2n) is 4.67. The molecule has 19 heavy (non-hydrogen) atoms.